The molecule has 0 bridgehead atoms. The second-order valence-corrected chi connectivity index (χ2v) is 6.06. The maximum Gasteiger partial charge on any atom is 0.224 e. The SMILES string of the molecule is CCCC(N)CC(=O)N1CCC(CN(CC)CC)CC1. The van der Waals surface area contributed by atoms with E-state index in [-0.39, 0.29) is 11.9 Å². The summed E-state index contributed by atoms with van der Waals surface area (Å²) in [4.78, 5) is 16.7. The van der Waals surface area contributed by atoms with Gasteiger partial charge < -0.3 is 15.5 Å². The number of nitrogens with zero attached hydrogens (tertiary/aromatic N) is 2. The highest BCUT2D eigenvalue weighted by Crippen LogP contribution is 2.19. The number of hydrogen-bond acceptors (Lipinski definition) is 3. The van der Waals surface area contributed by atoms with Gasteiger partial charge in [-0.3, -0.25) is 4.79 Å². The van der Waals surface area contributed by atoms with Gasteiger partial charge in [0.25, 0.3) is 0 Å². The third kappa shape index (κ3) is 5.80. The van der Waals surface area contributed by atoms with Crippen molar-refractivity contribution in [1.82, 2.24) is 9.80 Å². The van der Waals surface area contributed by atoms with Gasteiger partial charge in [-0.25, -0.2) is 0 Å². The lowest BCUT2D eigenvalue weighted by atomic mass is 9.95. The Morgan fingerprint density at radius 1 is 1.25 bits per heavy atom. The van der Waals surface area contributed by atoms with Gasteiger partial charge in [-0.2, -0.15) is 0 Å². The Kier molecular flexibility index (Phi) is 8.15. The molecule has 0 saturated carbocycles. The number of amides is 1. The number of carbonyl (C=O) groups excluding carboxylic acids is 1. The quantitative estimate of drug-likeness (QED) is 0.742. The van der Waals surface area contributed by atoms with Crippen LogP contribution in [0.1, 0.15) is 52.9 Å². The molecule has 2 N–H and O–H groups in total. The fourth-order valence-corrected chi connectivity index (χ4v) is 3.04. The molecular weight excluding hydrogens is 250 g/mol. The Morgan fingerprint density at radius 2 is 1.85 bits per heavy atom. The zero-order valence-corrected chi connectivity index (χ0v) is 13.6. The first-order valence-electron chi connectivity index (χ1n) is 8.36. The van der Waals surface area contributed by atoms with Gasteiger partial charge in [-0.15, -0.1) is 0 Å². The third-order valence-corrected chi connectivity index (χ3v) is 4.47. The average Bonchev–Trinajstić information content (AvgIpc) is 2.45. The fraction of sp³-hybridized carbons (Fsp3) is 0.938. The zero-order chi connectivity index (χ0) is 15.0. The number of piperidine rings is 1. The molecule has 1 unspecified atom stereocenters. The standard InChI is InChI=1S/C16H33N3O/c1-4-7-15(17)12-16(20)19-10-8-14(9-11-19)13-18(5-2)6-3/h14-15H,4-13,17H2,1-3H3. The van der Waals surface area contributed by atoms with Crippen LogP contribution in [0.15, 0.2) is 0 Å². The Balaban J connectivity index is 2.29. The lowest BCUT2D eigenvalue weighted by molar-refractivity contribution is -0.133. The van der Waals surface area contributed by atoms with E-state index in [0.29, 0.717) is 6.42 Å². The molecule has 0 aromatic rings. The molecule has 20 heavy (non-hydrogen) atoms. The molecule has 1 heterocycles. The Labute approximate surface area is 124 Å². The van der Waals surface area contributed by atoms with Crippen LogP contribution >= 0.6 is 0 Å². The van der Waals surface area contributed by atoms with Crippen LogP contribution in [0.3, 0.4) is 0 Å². The topological polar surface area (TPSA) is 49.6 Å². The minimum absolute atomic E-state index is 0.0425. The molecule has 118 valence electrons. The second-order valence-electron chi connectivity index (χ2n) is 6.06. The van der Waals surface area contributed by atoms with Crippen molar-refractivity contribution in [3.8, 4) is 0 Å². The van der Waals surface area contributed by atoms with Crippen molar-refractivity contribution in [3.63, 3.8) is 0 Å². The van der Waals surface area contributed by atoms with Crippen molar-refractivity contribution in [2.24, 2.45) is 11.7 Å². The van der Waals surface area contributed by atoms with E-state index in [2.05, 4.69) is 25.7 Å². The van der Waals surface area contributed by atoms with Gasteiger partial charge in [-0.05, 0) is 38.3 Å². The summed E-state index contributed by atoms with van der Waals surface area (Å²) in [6.45, 7) is 11.8. The molecule has 0 aromatic carbocycles. The van der Waals surface area contributed by atoms with E-state index in [4.69, 9.17) is 5.73 Å². The minimum Gasteiger partial charge on any atom is -0.343 e. The molecule has 1 fully saturated rings. The maximum atomic E-state index is 12.2. The van der Waals surface area contributed by atoms with Crippen LogP contribution in [-0.4, -0.2) is 54.5 Å². The van der Waals surface area contributed by atoms with Crippen molar-refractivity contribution >= 4 is 5.91 Å². The van der Waals surface area contributed by atoms with Crippen LogP contribution in [0.2, 0.25) is 0 Å². The molecule has 1 rings (SSSR count). The first kappa shape index (κ1) is 17.4. The summed E-state index contributed by atoms with van der Waals surface area (Å²) in [5, 5.41) is 0. The van der Waals surface area contributed by atoms with Crippen LogP contribution in [-0.2, 0) is 4.79 Å². The van der Waals surface area contributed by atoms with Gasteiger partial charge >= 0.3 is 0 Å². The predicted molar refractivity (Wildman–Crippen MR) is 84.6 cm³/mol. The van der Waals surface area contributed by atoms with Crippen LogP contribution in [0.25, 0.3) is 0 Å². The number of rotatable bonds is 8. The van der Waals surface area contributed by atoms with Crippen molar-refractivity contribution in [3.05, 3.63) is 0 Å². The molecule has 0 radical (unpaired) electrons. The summed E-state index contributed by atoms with van der Waals surface area (Å²) in [7, 11) is 0. The van der Waals surface area contributed by atoms with Gasteiger partial charge in [0.15, 0.2) is 0 Å². The van der Waals surface area contributed by atoms with Crippen LogP contribution in [0.5, 0.6) is 0 Å². The monoisotopic (exact) mass is 283 g/mol. The zero-order valence-electron chi connectivity index (χ0n) is 13.6. The van der Waals surface area contributed by atoms with Gasteiger partial charge in [0.05, 0.1) is 0 Å². The molecule has 1 amide bonds. The molecule has 0 aromatic heterocycles. The largest absolute Gasteiger partial charge is 0.343 e. The number of hydrogen-bond donors (Lipinski definition) is 1. The van der Waals surface area contributed by atoms with Crippen molar-refractivity contribution in [2.75, 3.05) is 32.7 Å². The number of carbonyl (C=O) groups is 1. The minimum atomic E-state index is 0.0425. The van der Waals surface area contributed by atoms with E-state index in [9.17, 15) is 4.79 Å². The fourth-order valence-electron chi connectivity index (χ4n) is 3.04. The van der Waals surface area contributed by atoms with Gasteiger partial charge in [0.2, 0.25) is 5.91 Å². The first-order valence-corrected chi connectivity index (χ1v) is 8.36. The summed E-state index contributed by atoms with van der Waals surface area (Å²) in [6.07, 6.45) is 4.82. The van der Waals surface area contributed by atoms with Gasteiger partial charge in [-0.1, -0.05) is 27.2 Å². The molecular formula is C16H33N3O. The van der Waals surface area contributed by atoms with E-state index in [0.717, 1.165) is 57.8 Å². The van der Waals surface area contributed by atoms with Crippen LogP contribution in [0, 0.1) is 5.92 Å². The van der Waals surface area contributed by atoms with Crippen LogP contribution < -0.4 is 5.73 Å². The highest BCUT2D eigenvalue weighted by molar-refractivity contribution is 5.76. The third-order valence-electron chi connectivity index (χ3n) is 4.47. The second kappa shape index (κ2) is 9.35. The molecule has 4 heteroatoms. The van der Waals surface area contributed by atoms with E-state index in [1.54, 1.807) is 0 Å². The van der Waals surface area contributed by atoms with Gasteiger partial charge in [0.1, 0.15) is 0 Å². The summed E-state index contributed by atoms with van der Waals surface area (Å²) < 4.78 is 0. The van der Waals surface area contributed by atoms with E-state index >= 15 is 0 Å². The normalized spacial score (nSPS) is 18.6. The lowest BCUT2D eigenvalue weighted by Crippen LogP contribution is -2.43. The average molecular weight is 283 g/mol. The maximum absolute atomic E-state index is 12.2. The summed E-state index contributed by atoms with van der Waals surface area (Å²) >= 11 is 0. The Bertz CT molecular complexity index is 271. The van der Waals surface area contributed by atoms with Crippen LogP contribution in [0.4, 0.5) is 0 Å². The van der Waals surface area contributed by atoms with E-state index in [1.165, 1.54) is 6.54 Å². The molecule has 1 aliphatic heterocycles. The molecule has 0 aliphatic carbocycles. The Morgan fingerprint density at radius 3 is 2.35 bits per heavy atom. The van der Waals surface area contributed by atoms with Crippen molar-refractivity contribution in [2.45, 2.75) is 58.9 Å². The van der Waals surface area contributed by atoms with Crippen molar-refractivity contribution < 1.29 is 4.79 Å². The summed E-state index contributed by atoms with van der Waals surface area (Å²) in [5.41, 5.74) is 5.97. The first-order chi connectivity index (χ1) is 9.60. The lowest BCUT2D eigenvalue weighted by Gasteiger charge is -2.34. The number of likely N-dealkylation sites (tertiary alicyclic amines) is 1. The smallest absolute Gasteiger partial charge is 0.224 e. The van der Waals surface area contributed by atoms with Crippen molar-refractivity contribution in [1.29, 1.82) is 0 Å². The highest BCUT2D eigenvalue weighted by Gasteiger charge is 2.24. The summed E-state index contributed by atoms with van der Waals surface area (Å²) in [6, 6.07) is 0.0425. The Hall–Kier alpha value is -0.610. The number of nitrogens with two attached hydrogens (primary N) is 1. The van der Waals surface area contributed by atoms with E-state index in [1.807, 2.05) is 4.90 Å². The molecule has 1 atom stereocenters. The molecule has 1 aliphatic rings. The highest BCUT2D eigenvalue weighted by atomic mass is 16.2. The predicted octanol–water partition coefficient (Wildman–Crippen LogP) is 2.08. The molecule has 4 nitrogen and oxygen atoms in total. The summed E-state index contributed by atoms with van der Waals surface area (Å²) in [5.74, 6) is 1.01. The van der Waals surface area contributed by atoms with Gasteiger partial charge in [0, 0.05) is 32.1 Å². The molecule has 1 saturated heterocycles. The molecule has 0 spiro atoms. The van der Waals surface area contributed by atoms with E-state index < -0.39 is 0 Å².